The Kier molecular flexibility index (Phi) is 11.8. The first-order valence-electron chi connectivity index (χ1n) is 18.4. The van der Waals surface area contributed by atoms with Crippen molar-refractivity contribution in [3.63, 3.8) is 0 Å². The first-order chi connectivity index (χ1) is 22.9. The molecule has 0 radical (unpaired) electrons. The maximum atomic E-state index is 12.4. The Labute approximate surface area is 289 Å². The lowest BCUT2D eigenvalue weighted by Crippen LogP contribution is -2.40. The Morgan fingerprint density at radius 1 is 0.562 bits per heavy atom. The fraction of sp³-hybridized carbons (Fsp3) is 0.571. The van der Waals surface area contributed by atoms with Gasteiger partial charge in [0.1, 0.15) is 11.2 Å². The third kappa shape index (κ3) is 9.76. The minimum absolute atomic E-state index is 0.00384. The molecule has 4 atom stereocenters. The van der Waals surface area contributed by atoms with Crippen molar-refractivity contribution in [3.8, 4) is 0 Å². The van der Waals surface area contributed by atoms with E-state index < -0.39 is 11.2 Å². The second kappa shape index (κ2) is 15.8. The molecule has 2 amide bonds. The molecule has 0 saturated heterocycles. The van der Waals surface area contributed by atoms with E-state index in [1.165, 1.54) is 86.5 Å². The molecule has 0 unspecified atom stereocenters. The molecule has 0 aromatic heterocycles. The number of benzene rings is 2. The third-order valence-corrected chi connectivity index (χ3v) is 10.2. The van der Waals surface area contributed by atoms with Gasteiger partial charge in [0.2, 0.25) is 0 Å². The summed E-state index contributed by atoms with van der Waals surface area (Å²) in [4.78, 5) is 24.8. The highest BCUT2D eigenvalue weighted by atomic mass is 16.6. The Balaban J connectivity index is 0.000000188. The lowest BCUT2D eigenvalue weighted by atomic mass is 9.72. The van der Waals surface area contributed by atoms with Crippen LogP contribution in [0.3, 0.4) is 0 Å². The number of nitrogens with one attached hydrogen (secondary N) is 2. The second-order valence-electron chi connectivity index (χ2n) is 16.2. The number of fused-ring (bicyclic) bond motifs is 2. The Morgan fingerprint density at radius 3 is 1.27 bits per heavy atom. The molecular weight excluding hydrogens is 596 g/mol. The Morgan fingerprint density at radius 2 is 0.917 bits per heavy atom. The van der Waals surface area contributed by atoms with Crippen LogP contribution in [0.1, 0.15) is 140 Å². The number of alkyl carbamates (subject to hydrolysis) is 2. The number of amides is 2. The van der Waals surface area contributed by atoms with Crippen molar-refractivity contribution in [2.75, 3.05) is 0 Å². The zero-order valence-corrected chi connectivity index (χ0v) is 30.1. The van der Waals surface area contributed by atoms with Gasteiger partial charge in [-0.25, -0.2) is 9.59 Å². The summed E-state index contributed by atoms with van der Waals surface area (Å²) in [5.41, 5.74) is 3.86. The van der Waals surface area contributed by atoms with Crippen LogP contribution in [0.15, 0.2) is 60.7 Å². The van der Waals surface area contributed by atoms with E-state index in [0.29, 0.717) is 23.7 Å². The van der Waals surface area contributed by atoms with Crippen molar-refractivity contribution in [1.29, 1.82) is 0 Å². The number of hydrogen-bond acceptors (Lipinski definition) is 4. The highest BCUT2D eigenvalue weighted by molar-refractivity contribution is 5.71. The van der Waals surface area contributed by atoms with Gasteiger partial charge in [-0.3, -0.25) is 0 Å². The van der Waals surface area contributed by atoms with Gasteiger partial charge in [0, 0.05) is 11.8 Å². The molecule has 0 spiro atoms. The lowest BCUT2D eigenvalue weighted by Gasteiger charge is -2.37. The lowest BCUT2D eigenvalue weighted by molar-refractivity contribution is 0.0465. The molecule has 6 heteroatoms. The van der Waals surface area contributed by atoms with E-state index >= 15 is 0 Å². The molecule has 48 heavy (non-hydrogen) atoms. The highest BCUT2D eigenvalue weighted by Gasteiger charge is 2.36. The predicted molar refractivity (Wildman–Crippen MR) is 195 cm³/mol. The van der Waals surface area contributed by atoms with Crippen LogP contribution in [0, 0.1) is 23.7 Å². The maximum Gasteiger partial charge on any atom is 0.408 e. The van der Waals surface area contributed by atoms with Gasteiger partial charge in [-0.2, -0.15) is 0 Å². The van der Waals surface area contributed by atoms with Gasteiger partial charge in [-0.1, -0.05) is 111 Å². The van der Waals surface area contributed by atoms with E-state index in [-0.39, 0.29) is 24.3 Å². The minimum Gasteiger partial charge on any atom is -0.444 e. The number of ether oxygens (including phenoxy) is 2. The van der Waals surface area contributed by atoms with Crippen LogP contribution in [0.5, 0.6) is 0 Å². The van der Waals surface area contributed by atoms with Gasteiger partial charge in [0.15, 0.2) is 0 Å². The van der Waals surface area contributed by atoms with E-state index in [2.05, 4.69) is 83.5 Å². The fourth-order valence-corrected chi connectivity index (χ4v) is 8.07. The van der Waals surface area contributed by atoms with Crippen LogP contribution in [-0.2, 0) is 9.47 Å². The molecule has 2 saturated carbocycles. The van der Waals surface area contributed by atoms with Crippen LogP contribution >= 0.6 is 0 Å². The summed E-state index contributed by atoms with van der Waals surface area (Å²) in [6, 6.07) is 16.7. The molecule has 4 aliphatic carbocycles. The minimum atomic E-state index is -0.478. The van der Waals surface area contributed by atoms with Crippen LogP contribution < -0.4 is 10.6 Å². The monoisotopic (exact) mass is 654 g/mol. The Hall–Kier alpha value is -3.54. The van der Waals surface area contributed by atoms with Gasteiger partial charge in [0.05, 0.1) is 12.1 Å². The van der Waals surface area contributed by atoms with E-state index in [4.69, 9.17) is 9.47 Å². The van der Waals surface area contributed by atoms with E-state index in [1.807, 2.05) is 41.5 Å². The highest BCUT2D eigenvalue weighted by Crippen LogP contribution is 2.43. The van der Waals surface area contributed by atoms with E-state index in [1.54, 1.807) is 0 Å². The summed E-state index contributed by atoms with van der Waals surface area (Å²) in [5, 5.41) is 6.33. The molecule has 2 aromatic rings. The van der Waals surface area contributed by atoms with Crippen molar-refractivity contribution in [2.24, 2.45) is 23.7 Å². The van der Waals surface area contributed by atoms with Crippen molar-refractivity contribution >= 4 is 24.3 Å². The van der Waals surface area contributed by atoms with Gasteiger partial charge in [-0.15, -0.1) is 0 Å². The SMILES string of the molecule is CC(C)(C)OC(=O)N[C@H]1c2ccccc2C=C[C@H]1C1CCCCC1.CC(C)(C)OC(=O)N[C@H]1c2ccccc2C=C[C@H]1C1CCCCC1. The van der Waals surface area contributed by atoms with Gasteiger partial charge in [-0.05, 0) is 101 Å². The number of carbonyl (C=O) groups is 2. The number of carbonyl (C=O) groups excluding carboxylic acids is 2. The first kappa shape index (κ1) is 35.8. The first-order valence-corrected chi connectivity index (χ1v) is 18.4. The van der Waals surface area contributed by atoms with Crippen LogP contribution in [0.25, 0.3) is 12.2 Å². The summed E-state index contributed by atoms with van der Waals surface area (Å²) < 4.78 is 11.0. The average molecular weight is 655 g/mol. The zero-order valence-electron chi connectivity index (χ0n) is 30.1. The molecule has 0 bridgehead atoms. The van der Waals surface area contributed by atoms with Gasteiger partial charge < -0.3 is 20.1 Å². The zero-order chi connectivity index (χ0) is 34.3. The topological polar surface area (TPSA) is 76.7 Å². The molecule has 2 N–H and O–H groups in total. The second-order valence-corrected chi connectivity index (χ2v) is 16.2. The van der Waals surface area contributed by atoms with Crippen LogP contribution in [0.4, 0.5) is 9.59 Å². The molecule has 0 aliphatic heterocycles. The van der Waals surface area contributed by atoms with Crippen molar-refractivity contribution in [2.45, 2.75) is 129 Å². The van der Waals surface area contributed by atoms with Gasteiger partial charge in [0.25, 0.3) is 0 Å². The summed E-state index contributed by atoms with van der Waals surface area (Å²) in [5.74, 6) is 1.99. The molecule has 2 aromatic carbocycles. The van der Waals surface area contributed by atoms with E-state index in [0.717, 1.165) is 0 Å². The summed E-state index contributed by atoms with van der Waals surface area (Å²) >= 11 is 0. The molecular formula is C42H58N2O4. The predicted octanol–water partition coefficient (Wildman–Crippen LogP) is 11.0. The third-order valence-electron chi connectivity index (χ3n) is 10.2. The number of rotatable bonds is 4. The van der Waals surface area contributed by atoms with Crippen LogP contribution in [0.2, 0.25) is 0 Å². The number of hydrogen-bond donors (Lipinski definition) is 2. The molecule has 6 rings (SSSR count). The maximum absolute atomic E-state index is 12.4. The van der Waals surface area contributed by atoms with Gasteiger partial charge >= 0.3 is 12.2 Å². The van der Waals surface area contributed by atoms with Crippen molar-refractivity contribution < 1.29 is 19.1 Å². The van der Waals surface area contributed by atoms with Crippen molar-refractivity contribution in [1.82, 2.24) is 10.6 Å². The standard InChI is InChI=1S/2C21H29NO2/c2*1-21(2,3)24-20(23)22-19-17-12-8-7-11-16(17)13-14-18(19)15-9-5-4-6-10-15/h2*7-8,11-15,18-19H,4-6,9-10H2,1-3H3,(H,22,23)/t2*18-,19-/m00/s1. The van der Waals surface area contributed by atoms with Crippen molar-refractivity contribution in [3.05, 3.63) is 82.9 Å². The molecule has 0 heterocycles. The average Bonchev–Trinajstić information content (AvgIpc) is 3.04. The smallest absolute Gasteiger partial charge is 0.408 e. The normalized spacial score (nSPS) is 24.3. The van der Waals surface area contributed by atoms with Crippen LogP contribution in [-0.4, -0.2) is 23.4 Å². The molecule has 260 valence electrons. The fourth-order valence-electron chi connectivity index (χ4n) is 8.07. The van der Waals surface area contributed by atoms with E-state index in [9.17, 15) is 9.59 Å². The Bertz CT molecular complexity index is 1330. The summed E-state index contributed by atoms with van der Waals surface area (Å²) in [7, 11) is 0. The quantitative estimate of drug-likeness (QED) is 0.344. The largest absolute Gasteiger partial charge is 0.444 e. The molecule has 6 nitrogen and oxygen atoms in total. The summed E-state index contributed by atoms with van der Waals surface area (Å²) in [6.45, 7) is 11.4. The summed E-state index contributed by atoms with van der Waals surface area (Å²) in [6.07, 6.45) is 21.3. The molecule has 2 fully saturated rings. The molecule has 4 aliphatic rings.